The Morgan fingerprint density at radius 2 is 2.07 bits per heavy atom. The molecule has 1 aliphatic heterocycles. The molecule has 6 heteroatoms. The van der Waals surface area contributed by atoms with E-state index in [0.717, 1.165) is 47.5 Å². The molecule has 1 saturated heterocycles. The first-order valence-corrected chi connectivity index (χ1v) is 11.1. The molecule has 1 unspecified atom stereocenters. The van der Waals surface area contributed by atoms with Crippen LogP contribution in [0.2, 0.25) is 0 Å². The van der Waals surface area contributed by atoms with Gasteiger partial charge in [0.1, 0.15) is 10.8 Å². The van der Waals surface area contributed by atoms with Crippen LogP contribution in [0.3, 0.4) is 0 Å². The zero-order valence-corrected chi connectivity index (χ0v) is 17.6. The summed E-state index contributed by atoms with van der Waals surface area (Å²) in [4.78, 5) is 19.7. The van der Waals surface area contributed by atoms with Crippen molar-refractivity contribution in [2.75, 3.05) is 6.54 Å². The fourth-order valence-corrected chi connectivity index (χ4v) is 4.99. The van der Waals surface area contributed by atoms with Crippen molar-refractivity contribution >= 4 is 28.0 Å². The number of benzene rings is 2. The zero-order valence-electron chi connectivity index (χ0n) is 16.8. The lowest BCUT2D eigenvalue weighted by molar-refractivity contribution is -0.134. The van der Waals surface area contributed by atoms with Crippen LogP contribution < -0.4 is 5.73 Å². The van der Waals surface area contributed by atoms with E-state index in [4.69, 9.17) is 10.7 Å². The van der Waals surface area contributed by atoms with E-state index in [1.807, 2.05) is 35.4 Å². The molecule has 4 nitrogen and oxygen atoms in total. The van der Waals surface area contributed by atoms with Gasteiger partial charge in [-0.05, 0) is 36.3 Å². The smallest absolute Gasteiger partial charge is 0.240 e. The molecule has 1 aliphatic rings. The van der Waals surface area contributed by atoms with E-state index in [1.54, 1.807) is 23.5 Å². The van der Waals surface area contributed by atoms with Crippen LogP contribution in [-0.4, -0.2) is 28.4 Å². The van der Waals surface area contributed by atoms with Crippen LogP contribution in [0.1, 0.15) is 44.2 Å². The molecule has 2 aromatic carbocycles. The molecule has 1 fully saturated rings. The van der Waals surface area contributed by atoms with Gasteiger partial charge in [-0.2, -0.15) is 0 Å². The molecule has 0 saturated carbocycles. The zero-order chi connectivity index (χ0) is 20.5. The standard InChI is InChI=1S/C23H26FN3OS/c1-3-14(2)21(25)23(28)27-12-6-9-20(27)22-26-19(13-29-22)17-10-11-18(24)16-8-5-4-7-15(16)17/h4-5,7-8,10-11,13-14,20-21H,3,6,9,12,25H2,1-2H3/t14?,20-,21-/m0/s1. The summed E-state index contributed by atoms with van der Waals surface area (Å²) in [5.41, 5.74) is 7.96. The first-order chi connectivity index (χ1) is 14.0. The molecule has 3 atom stereocenters. The number of nitrogens with two attached hydrogens (primary N) is 1. The lowest BCUT2D eigenvalue weighted by atomic mass is 9.98. The molecule has 0 aliphatic carbocycles. The Bertz CT molecular complexity index is 1030. The van der Waals surface area contributed by atoms with E-state index in [0.29, 0.717) is 5.39 Å². The van der Waals surface area contributed by atoms with Crippen LogP contribution in [0.4, 0.5) is 4.39 Å². The Hall–Kier alpha value is -2.31. The first kappa shape index (κ1) is 20.0. The minimum absolute atomic E-state index is 0.0193. The predicted octanol–water partition coefficient (Wildman–Crippen LogP) is 5.14. The number of thiazole rings is 1. The number of carbonyl (C=O) groups excluding carboxylic acids is 1. The van der Waals surface area contributed by atoms with Gasteiger partial charge in [0.15, 0.2) is 0 Å². The molecule has 29 heavy (non-hydrogen) atoms. The number of likely N-dealkylation sites (tertiary alicyclic amines) is 1. The van der Waals surface area contributed by atoms with Crippen LogP contribution in [0.15, 0.2) is 41.8 Å². The average Bonchev–Trinajstić information content (AvgIpc) is 3.42. The Kier molecular flexibility index (Phi) is 5.65. The molecule has 4 rings (SSSR count). The van der Waals surface area contributed by atoms with Crippen molar-refractivity contribution in [3.8, 4) is 11.3 Å². The van der Waals surface area contributed by atoms with Crippen molar-refractivity contribution in [2.45, 2.75) is 45.2 Å². The fourth-order valence-electron chi connectivity index (χ4n) is 4.03. The molecule has 3 aromatic rings. The second kappa shape index (κ2) is 8.20. The van der Waals surface area contributed by atoms with Gasteiger partial charge in [-0.3, -0.25) is 4.79 Å². The lowest BCUT2D eigenvalue weighted by Gasteiger charge is -2.28. The maximum absolute atomic E-state index is 14.2. The molecule has 0 bridgehead atoms. The summed E-state index contributed by atoms with van der Waals surface area (Å²) in [5.74, 6) is -0.0570. The van der Waals surface area contributed by atoms with E-state index in [9.17, 15) is 9.18 Å². The minimum atomic E-state index is -0.471. The number of rotatable bonds is 5. The second-order valence-electron chi connectivity index (χ2n) is 7.81. The summed E-state index contributed by atoms with van der Waals surface area (Å²) >= 11 is 1.56. The maximum Gasteiger partial charge on any atom is 0.240 e. The van der Waals surface area contributed by atoms with E-state index in [1.165, 1.54) is 6.07 Å². The van der Waals surface area contributed by atoms with Gasteiger partial charge in [0, 0.05) is 22.9 Å². The van der Waals surface area contributed by atoms with Gasteiger partial charge in [-0.15, -0.1) is 11.3 Å². The number of nitrogens with zero attached hydrogens (tertiary/aromatic N) is 2. The Balaban J connectivity index is 1.64. The van der Waals surface area contributed by atoms with Crippen molar-refractivity contribution in [1.82, 2.24) is 9.88 Å². The van der Waals surface area contributed by atoms with Crippen molar-refractivity contribution in [2.24, 2.45) is 11.7 Å². The van der Waals surface area contributed by atoms with Crippen molar-refractivity contribution in [3.05, 3.63) is 52.6 Å². The highest BCUT2D eigenvalue weighted by molar-refractivity contribution is 7.10. The highest BCUT2D eigenvalue weighted by Crippen LogP contribution is 2.38. The van der Waals surface area contributed by atoms with E-state index in [-0.39, 0.29) is 23.7 Å². The van der Waals surface area contributed by atoms with Crippen LogP contribution in [-0.2, 0) is 4.79 Å². The third-order valence-electron chi connectivity index (χ3n) is 6.03. The van der Waals surface area contributed by atoms with Crippen LogP contribution in [0.25, 0.3) is 22.0 Å². The summed E-state index contributed by atoms with van der Waals surface area (Å²) in [6.45, 7) is 4.80. The lowest BCUT2D eigenvalue weighted by Crippen LogP contribution is -2.46. The van der Waals surface area contributed by atoms with E-state index < -0.39 is 6.04 Å². The molecule has 1 aromatic heterocycles. The normalized spacial score (nSPS) is 18.9. The summed E-state index contributed by atoms with van der Waals surface area (Å²) in [6, 6.07) is 10.2. The Morgan fingerprint density at radius 1 is 1.31 bits per heavy atom. The summed E-state index contributed by atoms with van der Waals surface area (Å²) in [7, 11) is 0. The number of aromatic nitrogens is 1. The third-order valence-corrected chi connectivity index (χ3v) is 6.98. The molecule has 2 heterocycles. The van der Waals surface area contributed by atoms with Crippen molar-refractivity contribution in [1.29, 1.82) is 0 Å². The maximum atomic E-state index is 14.2. The summed E-state index contributed by atoms with van der Waals surface area (Å²) in [6.07, 6.45) is 2.73. The summed E-state index contributed by atoms with van der Waals surface area (Å²) in [5, 5.41) is 4.37. The van der Waals surface area contributed by atoms with Gasteiger partial charge in [-0.1, -0.05) is 44.5 Å². The Morgan fingerprint density at radius 3 is 2.83 bits per heavy atom. The number of amides is 1. The number of carbonyl (C=O) groups is 1. The van der Waals surface area contributed by atoms with Gasteiger partial charge in [0.2, 0.25) is 5.91 Å². The van der Waals surface area contributed by atoms with Gasteiger partial charge in [0.05, 0.1) is 17.8 Å². The molecule has 152 valence electrons. The monoisotopic (exact) mass is 411 g/mol. The van der Waals surface area contributed by atoms with Crippen LogP contribution >= 0.6 is 11.3 Å². The number of fused-ring (bicyclic) bond motifs is 1. The molecule has 0 spiro atoms. The number of hydrogen-bond acceptors (Lipinski definition) is 4. The van der Waals surface area contributed by atoms with Crippen LogP contribution in [0, 0.1) is 11.7 Å². The second-order valence-corrected chi connectivity index (χ2v) is 8.70. The van der Waals surface area contributed by atoms with Gasteiger partial charge < -0.3 is 10.6 Å². The minimum Gasteiger partial charge on any atom is -0.332 e. The molecule has 1 amide bonds. The number of hydrogen-bond donors (Lipinski definition) is 1. The van der Waals surface area contributed by atoms with Gasteiger partial charge in [0.25, 0.3) is 0 Å². The molecular formula is C23H26FN3OS. The quantitative estimate of drug-likeness (QED) is 0.632. The molecular weight excluding hydrogens is 385 g/mol. The highest BCUT2D eigenvalue weighted by Gasteiger charge is 2.35. The summed E-state index contributed by atoms with van der Waals surface area (Å²) < 4.78 is 14.2. The molecule has 2 N–H and O–H groups in total. The average molecular weight is 412 g/mol. The van der Waals surface area contributed by atoms with Crippen molar-refractivity contribution in [3.63, 3.8) is 0 Å². The van der Waals surface area contributed by atoms with Crippen LogP contribution in [0.5, 0.6) is 0 Å². The van der Waals surface area contributed by atoms with E-state index in [2.05, 4.69) is 6.92 Å². The van der Waals surface area contributed by atoms with Crippen molar-refractivity contribution < 1.29 is 9.18 Å². The number of halogens is 1. The van der Waals surface area contributed by atoms with E-state index >= 15 is 0 Å². The largest absolute Gasteiger partial charge is 0.332 e. The van der Waals surface area contributed by atoms with Gasteiger partial charge >= 0.3 is 0 Å². The molecule has 0 radical (unpaired) electrons. The highest BCUT2D eigenvalue weighted by atomic mass is 32.1. The van der Waals surface area contributed by atoms with Gasteiger partial charge in [-0.25, -0.2) is 9.37 Å². The Labute approximate surface area is 174 Å². The SMILES string of the molecule is CCC(C)[C@H](N)C(=O)N1CCC[C@H]1c1nc(-c2ccc(F)c3ccccc23)cs1. The fraction of sp³-hybridized carbons (Fsp3) is 0.391. The third kappa shape index (κ3) is 3.67. The predicted molar refractivity (Wildman–Crippen MR) is 116 cm³/mol. The first-order valence-electron chi connectivity index (χ1n) is 10.2. The topological polar surface area (TPSA) is 59.2 Å².